The van der Waals surface area contributed by atoms with Gasteiger partial charge in [-0.25, -0.2) is 22.8 Å². The minimum absolute atomic E-state index is 0.394. The van der Waals surface area contributed by atoms with Gasteiger partial charge in [0, 0.05) is 79.0 Å². The van der Waals surface area contributed by atoms with Gasteiger partial charge in [0.05, 0.1) is 11.1 Å². The normalized spacial score (nSPS) is 11.2. The summed E-state index contributed by atoms with van der Waals surface area (Å²) in [6.45, 7) is 28.0. The fraction of sp³-hybridized carbons (Fsp3) is 0.267. The molecule has 0 aliphatic heterocycles. The summed E-state index contributed by atoms with van der Waals surface area (Å²) in [5.41, 5.74) is 31.3. The third kappa shape index (κ3) is 14.9. The summed E-state index contributed by atoms with van der Waals surface area (Å²) in [6, 6.07) is 52.6. The second kappa shape index (κ2) is 27.6. The molecule has 80 heavy (non-hydrogen) atoms. The Hall–Kier alpha value is -8.15. The van der Waals surface area contributed by atoms with E-state index in [1.54, 1.807) is 12.1 Å². The maximum Gasteiger partial charge on any atom is 0.215 e. The number of pyridine rings is 5. The molecule has 0 saturated carbocycles. The third-order valence-electron chi connectivity index (χ3n) is 15.1. The largest absolute Gasteiger partial charge is 0.215 e. The molecule has 5 heterocycles. The molecule has 410 valence electrons. The molecular weight excluding hydrogens is 971 g/mol. The molecular formula is C75H90N5+5. The van der Waals surface area contributed by atoms with E-state index in [0.717, 1.165) is 16.8 Å². The standard InChI is InChI=1S/5C15H18N/c2*1-11-7-5-8-12(2)14(11)15-13(3)9-6-10-16(15)4;2*1-11-7-8-12(2)14(10-11)15-13(3)6-5-9-16(15)4;1-11-7-8-14(13(3)10-11)15-12(2)6-5-9-16(15)4/h5*5-10H,1-4H3/q5*+1/i;;;;1D3. The molecule has 5 heteroatoms. The van der Waals surface area contributed by atoms with Crippen molar-refractivity contribution >= 4 is 0 Å². The quantitative estimate of drug-likeness (QED) is 0.153. The van der Waals surface area contributed by atoms with Crippen molar-refractivity contribution in [1.82, 2.24) is 0 Å². The van der Waals surface area contributed by atoms with E-state index in [0.29, 0.717) is 5.56 Å². The Balaban J connectivity index is 0.000000167. The van der Waals surface area contributed by atoms with Crippen LogP contribution in [0.4, 0.5) is 0 Å². The van der Waals surface area contributed by atoms with E-state index >= 15 is 0 Å². The highest BCUT2D eigenvalue weighted by Crippen LogP contribution is 2.30. The van der Waals surface area contributed by atoms with E-state index in [2.05, 4.69) is 293 Å². The van der Waals surface area contributed by atoms with Crippen LogP contribution in [-0.4, -0.2) is 0 Å². The number of rotatable bonds is 5. The Morgan fingerprint density at radius 2 is 0.512 bits per heavy atom. The molecule has 0 fully saturated rings. The zero-order chi connectivity index (χ0) is 61.0. The lowest BCUT2D eigenvalue weighted by Crippen LogP contribution is -2.31. The lowest BCUT2D eigenvalue weighted by atomic mass is 9.97. The van der Waals surface area contributed by atoms with Crippen LogP contribution in [-0.2, 0) is 35.2 Å². The van der Waals surface area contributed by atoms with Gasteiger partial charge in [0.1, 0.15) is 35.2 Å². The first-order chi connectivity index (χ1) is 39.2. The number of aryl methyl sites for hydroxylation is 20. The van der Waals surface area contributed by atoms with Gasteiger partial charge in [-0.15, -0.1) is 0 Å². The molecule has 5 aromatic heterocycles. The summed E-state index contributed by atoms with van der Waals surface area (Å²) in [5, 5.41) is 0. The highest BCUT2D eigenvalue weighted by atomic mass is 14.9. The Morgan fingerprint density at radius 1 is 0.237 bits per heavy atom. The molecule has 0 bridgehead atoms. The third-order valence-corrected chi connectivity index (χ3v) is 15.1. The zero-order valence-electron chi connectivity index (χ0n) is 54.6. The van der Waals surface area contributed by atoms with Crippen molar-refractivity contribution in [1.29, 1.82) is 0 Å². The van der Waals surface area contributed by atoms with Gasteiger partial charge in [-0.3, -0.25) is 0 Å². The Morgan fingerprint density at radius 3 is 0.800 bits per heavy atom. The van der Waals surface area contributed by atoms with Crippen LogP contribution in [0.15, 0.2) is 183 Å². The van der Waals surface area contributed by atoms with E-state index in [1.807, 2.05) is 32.3 Å². The van der Waals surface area contributed by atoms with Gasteiger partial charge in [-0.05, 0) is 191 Å². The molecule has 0 spiro atoms. The van der Waals surface area contributed by atoms with E-state index in [-0.39, 0.29) is 0 Å². The molecule has 0 N–H and O–H groups in total. The fourth-order valence-electron chi connectivity index (χ4n) is 11.0. The molecule has 0 aliphatic rings. The summed E-state index contributed by atoms with van der Waals surface area (Å²) < 4.78 is 33.2. The molecule has 10 aromatic rings. The molecule has 0 amide bonds. The van der Waals surface area contributed by atoms with Gasteiger partial charge in [0.15, 0.2) is 31.0 Å². The topological polar surface area (TPSA) is 19.4 Å². The number of hydrogen-bond acceptors (Lipinski definition) is 0. The Labute approximate surface area is 486 Å². The van der Waals surface area contributed by atoms with Crippen molar-refractivity contribution in [2.75, 3.05) is 0 Å². The van der Waals surface area contributed by atoms with Crippen molar-refractivity contribution in [3.8, 4) is 56.3 Å². The first kappa shape index (κ1) is 56.6. The second-order valence-corrected chi connectivity index (χ2v) is 22.0. The van der Waals surface area contributed by atoms with Crippen molar-refractivity contribution in [3.63, 3.8) is 0 Å². The average molecular weight is 1060 g/mol. The molecule has 10 rings (SSSR count). The predicted molar refractivity (Wildman–Crippen MR) is 336 cm³/mol. The van der Waals surface area contributed by atoms with E-state index in [1.165, 1.54) is 117 Å². The highest BCUT2D eigenvalue weighted by Gasteiger charge is 2.20. The van der Waals surface area contributed by atoms with Crippen LogP contribution in [0.5, 0.6) is 0 Å². The minimum atomic E-state index is -2.04. The van der Waals surface area contributed by atoms with Crippen molar-refractivity contribution in [3.05, 3.63) is 266 Å². The van der Waals surface area contributed by atoms with Crippen LogP contribution in [0.2, 0.25) is 0 Å². The minimum Gasteiger partial charge on any atom is -0.201 e. The lowest BCUT2D eigenvalue weighted by molar-refractivity contribution is -0.660. The van der Waals surface area contributed by atoms with Crippen molar-refractivity contribution < 1.29 is 26.9 Å². The number of nitrogens with zero attached hydrogens (tertiary/aromatic N) is 5. The van der Waals surface area contributed by atoms with Gasteiger partial charge < -0.3 is 0 Å². The van der Waals surface area contributed by atoms with Gasteiger partial charge in [0.2, 0.25) is 28.5 Å². The lowest BCUT2D eigenvalue weighted by Gasteiger charge is -2.09. The first-order valence-corrected chi connectivity index (χ1v) is 27.9. The second-order valence-electron chi connectivity index (χ2n) is 22.0. The molecule has 0 aliphatic carbocycles. The monoisotopic (exact) mass is 1060 g/mol. The van der Waals surface area contributed by atoms with E-state index < -0.39 is 6.85 Å². The van der Waals surface area contributed by atoms with Gasteiger partial charge in [-0.1, -0.05) is 89.5 Å². The number of hydrogen-bond donors (Lipinski definition) is 0. The Kier molecular flexibility index (Phi) is 19.5. The van der Waals surface area contributed by atoms with E-state index in [4.69, 9.17) is 4.11 Å². The molecule has 5 nitrogen and oxygen atoms in total. The SMILES string of the molecule is Cc1ccc(C)c(-c2c(C)ccc[n+]2C)c1.Cc1ccc(C)c(-c2c(C)ccc[n+]2C)c1.Cc1cccc(C)c1-c1c(C)ccc[n+]1C.Cc1cccc(C)c1-c1c(C)ccc[n+]1C.[2H]C([2H])([2H])c1ccc(-c2c(C)ccc[n+]2C)c(C)c1. The van der Waals surface area contributed by atoms with Crippen LogP contribution < -0.4 is 22.8 Å². The van der Waals surface area contributed by atoms with Gasteiger partial charge >= 0.3 is 0 Å². The van der Waals surface area contributed by atoms with Crippen molar-refractivity contribution in [2.45, 2.75) is 104 Å². The molecule has 5 aromatic carbocycles. The number of benzene rings is 5. The van der Waals surface area contributed by atoms with Crippen LogP contribution >= 0.6 is 0 Å². The summed E-state index contributed by atoms with van der Waals surface area (Å²) in [6.07, 6.45) is 10.4. The van der Waals surface area contributed by atoms with Crippen molar-refractivity contribution in [2.24, 2.45) is 35.2 Å². The smallest absolute Gasteiger partial charge is 0.201 e. The van der Waals surface area contributed by atoms with Gasteiger partial charge in [0.25, 0.3) is 0 Å². The highest BCUT2D eigenvalue weighted by molar-refractivity contribution is 5.70. The maximum atomic E-state index is 7.46. The Bertz CT molecular complexity index is 3470. The van der Waals surface area contributed by atoms with Crippen LogP contribution in [0.3, 0.4) is 0 Å². The average Bonchev–Trinajstić information content (AvgIpc) is 3.56. The zero-order valence-corrected chi connectivity index (χ0v) is 51.6. The van der Waals surface area contributed by atoms with Crippen LogP contribution in [0.25, 0.3) is 56.3 Å². The van der Waals surface area contributed by atoms with Crippen LogP contribution in [0, 0.1) is 104 Å². The molecule has 0 unspecified atom stereocenters. The maximum absolute atomic E-state index is 7.46. The van der Waals surface area contributed by atoms with Crippen LogP contribution in [0.1, 0.15) is 87.6 Å². The molecule has 0 atom stereocenters. The molecule has 0 radical (unpaired) electrons. The fourth-order valence-corrected chi connectivity index (χ4v) is 11.0. The first-order valence-electron chi connectivity index (χ1n) is 29.4. The summed E-state index contributed by atoms with van der Waals surface area (Å²) in [4.78, 5) is 0. The van der Waals surface area contributed by atoms with E-state index in [9.17, 15) is 0 Å². The summed E-state index contributed by atoms with van der Waals surface area (Å²) in [7, 11) is 10.4. The van der Waals surface area contributed by atoms with Gasteiger partial charge in [-0.2, -0.15) is 0 Å². The summed E-state index contributed by atoms with van der Waals surface area (Å²) >= 11 is 0. The number of aromatic nitrogens is 5. The summed E-state index contributed by atoms with van der Waals surface area (Å²) in [5.74, 6) is 0. The molecule has 0 saturated heterocycles. The predicted octanol–water partition coefficient (Wildman–Crippen LogP) is 15.5.